The molecular formula is C13H13NO3. The number of carbonyl (C=O) groups excluding carboxylic acids is 2. The Balaban J connectivity index is 2.05. The Kier molecular flexibility index (Phi) is 2.18. The fourth-order valence-corrected chi connectivity index (χ4v) is 2.92. The number of fused-ring (bicyclic) bond motifs is 3. The van der Waals surface area contributed by atoms with Gasteiger partial charge in [0.2, 0.25) is 5.91 Å². The minimum atomic E-state index is -0.298. The molecule has 2 atom stereocenters. The van der Waals surface area contributed by atoms with Crippen LogP contribution in [0.2, 0.25) is 0 Å². The van der Waals surface area contributed by atoms with Crippen molar-refractivity contribution in [2.45, 2.75) is 18.9 Å². The predicted molar refractivity (Wildman–Crippen MR) is 60.5 cm³/mol. The predicted octanol–water partition coefficient (Wildman–Crippen LogP) is 1.21. The summed E-state index contributed by atoms with van der Waals surface area (Å²) < 4.78 is 4.78. The average Bonchev–Trinajstić information content (AvgIpc) is 2.83. The molecule has 1 unspecified atom stereocenters. The van der Waals surface area contributed by atoms with Crippen molar-refractivity contribution in [2.24, 2.45) is 5.92 Å². The second-order valence-electron chi connectivity index (χ2n) is 4.58. The molecule has 0 radical (unpaired) electrons. The minimum Gasteiger partial charge on any atom is -0.465 e. The Bertz CT molecular complexity index is 509. The fourth-order valence-electron chi connectivity index (χ4n) is 2.92. The van der Waals surface area contributed by atoms with Crippen molar-refractivity contribution in [1.82, 2.24) is 5.32 Å². The van der Waals surface area contributed by atoms with E-state index in [1.165, 1.54) is 7.11 Å². The van der Waals surface area contributed by atoms with Crippen molar-refractivity contribution in [3.63, 3.8) is 0 Å². The number of nitrogens with one attached hydrogen (secondary N) is 1. The molecule has 3 rings (SSSR count). The molecule has 4 nitrogen and oxygen atoms in total. The molecular weight excluding hydrogens is 218 g/mol. The van der Waals surface area contributed by atoms with E-state index in [-0.39, 0.29) is 17.9 Å². The first kappa shape index (κ1) is 10.3. The van der Waals surface area contributed by atoms with Crippen LogP contribution < -0.4 is 5.32 Å². The molecule has 1 aliphatic carbocycles. The highest BCUT2D eigenvalue weighted by Crippen LogP contribution is 2.42. The lowest BCUT2D eigenvalue weighted by Crippen LogP contribution is -2.18. The third-order valence-corrected chi connectivity index (χ3v) is 3.65. The van der Waals surface area contributed by atoms with Crippen LogP contribution in [0.4, 0.5) is 0 Å². The quantitative estimate of drug-likeness (QED) is 0.739. The molecule has 88 valence electrons. The van der Waals surface area contributed by atoms with Crippen LogP contribution in [0.15, 0.2) is 18.2 Å². The number of esters is 1. The van der Waals surface area contributed by atoms with E-state index in [4.69, 9.17) is 4.74 Å². The van der Waals surface area contributed by atoms with E-state index in [1.54, 1.807) is 6.07 Å². The zero-order chi connectivity index (χ0) is 12.0. The van der Waals surface area contributed by atoms with E-state index < -0.39 is 0 Å². The topological polar surface area (TPSA) is 55.4 Å². The summed E-state index contributed by atoms with van der Waals surface area (Å²) in [5.74, 6) is 0.102. The van der Waals surface area contributed by atoms with E-state index in [2.05, 4.69) is 5.32 Å². The number of rotatable bonds is 1. The van der Waals surface area contributed by atoms with Crippen LogP contribution in [0, 0.1) is 5.92 Å². The standard InChI is InChI=1S/C13H13NO3/c1-17-13(16)9-4-2-3-8-10(9)5-7-6-11(15)14-12(7)8/h2-4,7,12H,5-6H2,1H3,(H,14,15)/t7?,12-/m0/s1. The molecule has 2 aliphatic rings. The molecule has 1 fully saturated rings. The van der Waals surface area contributed by atoms with Crippen LogP contribution in [0.3, 0.4) is 0 Å². The van der Waals surface area contributed by atoms with Crippen LogP contribution in [0.25, 0.3) is 0 Å². The maximum absolute atomic E-state index is 11.6. The Morgan fingerprint density at radius 2 is 2.24 bits per heavy atom. The minimum absolute atomic E-state index is 0.0853. The zero-order valence-electron chi connectivity index (χ0n) is 9.53. The highest BCUT2D eigenvalue weighted by molar-refractivity contribution is 5.92. The van der Waals surface area contributed by atoms with Crippen LogP contribution >= 0.6 is 0 Å². The molecule has 1 saturated heterocycles. The Morgan fingerprint density at radius 3 is 3.00 bits per heavy atom. The lowest BCUT2D eigenvalue weighted by Gasteiger charge is -2.10. The van der Waals surface area contributed by atoms with Crippen molar-refractivity contribution in [2.75, 3.05) is 7.11 Å². The van der Waals surface area contributed by atoms with Crippen LogP contribution in [-0.2, 0) is 16.0 Å². The highest BCUT2D eigenvalue weighted by Gasteiger charge is 2.41. The molecule has 1 aliphatic heterocycles. The largest absolute Gasteiger partial charge is 0.465 e. The van der Waals surface area contributed by atoms with Gasteiger partial charge in [0.05, 0.1) is 18.7 Å². The summed E-state index contributed by atoms with van der Waals surface area (Å²) in [7, 11) is 1.39. The third-order valence-electron chi connectivity index (χ3n) is 3.65. The average molecular weight is 231 g/mol. The van der Waals surface area contributed by atoms with E-state index in [0.717, 1.165) is 17.5 Å². The Morgan fingerprint density at radius 1 is 1.41 bits per heavy atom. The van der Waals surface area contributed by atoms with Crippen molar-refractivity contribution >= 4 is 11.9 Å². The van der Waals surface area contributed by atoms with E-state index in [0.29, 0.717) is 17.9 Å². The van der Waals surface area contributed by atoms with Gasteiger partial charge >= 0.3 is 5.97 Å². The van der Waals surface area contributed by atoms with Gasteiger partial charge in [-0.25, -0.2) is 4.79 Å². The molecule has 4 heteroatoms. The first-order chi connectivity index (χ1) is 8.20. The van der Waals surface area contributed by atoms with Gasteiger partial charge in [0.25, 0.3) is 0 Å². The second-order valence-corrected chi connectivity index (χ2v) is 4.58. The highest BCUT2D eigenvalue weighted by atomic mass is 16.5. The number of ether oxygens (including phenoxy) is 1. The molecule has 1 N–H and O–H groups in total. The van der Waals surface area contributed by atoms with E-state index in [9.17, 15) is 9.59 Å². The maximum Gasteiger partial charge on any atom is 0.338 e. The van der Waals surface area contributed by atoms with Gasteiger partial charge in [-0.1, -0.05) is 12.1 Å². The molecule has 17 heavy (non-hydrogen) atoms. The fraction of sp³-hybridized carbons (Fsp3) is 0.385. The molecule has 1 aromatic carbocycles. The van der Waals surface area contributed by atoms with Gasteiger partial charge in [0.15, 0.2) is 0 Å². The van der Waals surface area contributed by atoms with Crippen molar-refractivity contribution in [3.05, 3.63) is 34.9 Å². The Hall–Kier alpha value is -1.84. The van der Waals surface area contributed by atoms with E-state index in [1.807, 2.05) is 12.1 Å². The van der Waals surface area contributed by atoms with E-state index >= 15 is 0 Å². The second kappa shape index (κ2) is 3.58. The molecule has 1 amide bonds. The number of hydrogen-bond donors (Lipinski definition) is 1. The number of hydrogen-bond acceptors (Lipinski definition) is 3. The zero-order valence-corrected chi connectivity index (χ0v) is 9.53. The van der Waals surface area contributed by atoms with Crippen LogP contribution in [0.5, 0.6) is 0 Å². The van der Waals surface area contributed by atoms with Crippen molar-refractivity contribution in [3.8, 4) is 0 Å². The number of benzene rings is 1. The lowest BCUT2D eigenvalue weighted by atomic mass is 10.0. The summed E-state index contributed by atoms with van der Waals surface area (Å²) in [6.45, 7) is 0. The Labute approximate surface area is 99.0 Å². The van der Waals surface area contributed by atoms with Gasteiger partial charge in [-0.15, -0.1) is 0 Å². The first-order valence-corrected chi connectivity index (χ1v) is 5.70. The summed E-state index contributed by atoms with van der Waals surface area (Å²) in [4.78, 5) is 23.0. The molecule has 0 saturated carbocycles. The van der Waals surface area contributed by atoms with Crippen molar-refractivity contribution < 1.29 is 14.3 Å². The lowest BCUT2D eigenvalue weighted by molar-refractivity contribution is -0.119. The maximum atomic E-state index is 11.6. The van der Waals surface area contributed by atoms with Gasteiger partial charge in [-0.05, 0) is 29.5 Å². The first-order valence-electron chi connectivity index (χ1n) is 5.70. The van der Waals surface area contributed by atoms with Crippen molar-refractivity contribution in [1.29, 1.82) is 0 Å². The van der Waals surface area contributed by atoms with Gasteiger partial charge in [0, 0.05) is 6.42 Å². The molecule has 1 aromatic rings. The van der Waals surface area contributed by atoms with Gasteiger partial charge in [-0.3, -0.25) is 4.79 Å². The monoisotopic (exact) mass is 231 g/mol. The van der Waals surface area contributed by atoms with Gasteiger partial charge in [0.1, 0.15) is 0 Å². The smallest absolute Gasteiger partial charge is 0.338 e. The summed E-state index contributed by atoms with van der Waals surface area (Å²) >= 11 is 0. The molecule has 0 bridgehead atoms. The van der Waals surface area contributed by atoms with Crippen LogP contribution in [0.1, 0.15) is 33.9 Å². The summed E-state index contributed by atoms with van der Waals surface area (Å²) in [6.07, 6.45) is 1.34. The van der Waals surface area contributed by atoms with Crippen LogP contribution in [-0.4, -0.2) is 19.0 Å². The van der Waals surface area contributed by atoms with Gasteiger partial charge < -0.3 is 10.1 Å². The summed E-state index contributed by atoms with van der Waals surface area (Å²) in [5, 5.41) is 2.97. The number of methoxy groups -OCH3 is 1. The number of carbonyl (C=O) groups is 2. The SMILES string of the molecule is COC(=O)c1cccc2c1CC1CC(=O)N[C@H]21. The summed E-state index contributed by atoms with van der Waals surface area (Å²) in [6, 6.07) is 5.70. The number of amides is 1. The molecule has 1 heterocycles. The van der Waals surface area contributed by atoms with Gasteiger partial charge in [-0.2, -0.15) is 0 Å². The third kappa shape index (κ3) is 1.44. The summed E-state index contributed by atoms with van der Waals surface area (Å²) in [5.41, 5.74) is 2.74. The molecule has 0 aromatic heterocycles. The normalized spacial score (nSPS) is 25.1. The molecule has 0 spiro atoms.